The molecule has 0 aliphatic heterocycles. The molecule has 19 heavy (non-hydrogen) atoms. The highest BCUT2D eigenvalue weighted by Gasteiger charge is 2.23. The molecule has 0 unspecified atom stereocenters. The fourth-order valence-electron chi connectivity index (χ4n) is 1.59. The molecule has 106 valence electrons. The number of amides is 1. The number of carbonyl (C=O) groups excluding carboxylic acids is 1. The van der Waals surface area contributed by atoms with Gasteiger partial charge in [0.25, 0.3) is 5.91 Å². The van der Waals surface area contributed by atoms with Gasteiger partial charge in [-0.05, 0) is 6.07 Å². The number of hydrogen-bond acceptors (Lipinski definition) is 3. The van der Waals surface area contributed by atoms with Crippen molar-refractivity contribution in [1.82, 2.24) is 14.7 Å². The van der Waals surface area contributed by atoms with E-state index in [1.807, 2.05) is 20.8 Å². The normalized spacial score (nSPS) is 11.4. The summed E-state index contributed by atoms with van der Waals surface area (Å²) in [5, 5.41) is 13.0. The van der Waals surface area contributed by atoms with Crippen LogP contribution in [0.3, 0.4) is 0 Å². The number of aliphatic carboxylic acids is 1. The Morgan fingerprint density at radius 3 is 2.42 bits per heavy atom. The number of aryl methyl sites for hydroxylation is 1. The van der Waals surface area contributed by atoms with Crippen molar-refractivity contribution < 1.29 is 14.7 Å². The molecule has 0 saturated carbocycles. The summed E-state index contributed by atoms with van der Waals surface area (Å²) >= 11 is 0. The summed E-state index contributed by atoms with van der Waals surface area (Å²) in [5.41, 5.74) is 1.18. The van der Waals surface area contributed by atoms with Crippen molar-refractivity contribution in [3.8, 4) is 0 Å². The van der Waals surface area contributed by atoms with Gasteiger partial charge in [0.2, 0.25) is 0 Å². The zero-order valence-corrected chi connectivity index (χ0v) is 12.1. The Kier molecular flexibility index (Phi) is 4.34. The molecule has 1 aromatic rings. The number of hydrogen-bond donors (Lipinski definition) is 1. The lowest BCUT2D eigenvalue weighted by atomic mass is 9.92. The first kappa shape index (κ1) is 15.2. The summed E-state index contributed by atoms with van der Waals surface area (Å²) < 4.78 is 1.54. The molecule has 6 heteroatoms. The molecule has 0 aliphatic rings. The first-order valence-electron chi connectivity index (χ1n) is 6.14. The molecule has 1 aromatic heterocycles. The third-order valence-electron chi connectivity index (χ3n) is 2.88. The molecule has 1 amide bonds. The average Bonchev–Trinajstić information content (AvgIpc) is 2.66. The summed E-state index contributed by atoms with van der Waals surface area (Å²) in [7, 11) is 3.31. The van der Waals surface area contributed by atoms with Gasteiger partial charge >= 0.3 is 5.97 Å². The van der Waals surface area contributed by atoms with Crippen LogP contribution in [0.4, 0.5) is 0 Å². The second-order valence-corrected chi connectivity index (χ2v) is 5.66. The van der Waals surface area contributed by atoms with Crippen LogP contribution in [0.2, 0.25) is 0 Å². The average molecular weight is 267 g/mol. The SMILES string of the molecule is CN(CCC(=O)O)C(=O)c1cc(C(C)(C)C)nn1C. The molecular weight excluding hydrogens is 246 g/mol. The van der Waals surface area contributed by atoms with Crippen molar-refractivity contribution in [2.75, 3.05) is 13.6 Å². The summed E-state index contributed by atoms with van der Waals surface area (Å²) in [6, 6.07) is 1.76. The van der Waals surface area contributed by atoms with Gasteiger partial charge in [0.1, 0.15) is 5.69 Å². The van der Waals surface area contributed by atoms with Crippen LogP contribution in [0, 0.1) is 0 Å². The van der Waals surface area contributed by atoms with Crippen LogP contribution in [0.5, 0.6) is 0 Å². The Labute approximate surface area is 113 Å². The molecule has 0 radical (unpaired) electrons. The van der Waals surface area contributed by atoms with Gasteiger partial charge in [-0.2, -0.15) is 5.10 Å². The lowest BCUT2D eigenvalue weighted by molar-refractivity contribution is -0.137. The number of carboxylic acid groups (broad SMARTS) is 1. The number of carbonyl (C=O) groups is 2. The Bertz CT molecular complexity index is 486. The Morgan fingerprint density at radius 2 is 2.00 bits per heavy atom. The minimum atomic E-state index is -0.917. The molecule has 0 spiro atoms. The summed E-state index contributed by atoms with van der Waals surface area (Å²) in [6.07, 6.45) is -0.0633. The highest BCUT2D eigenvalue weighted by atomic mass is 16.4. The molecule has 0 bridgehead atoms. The van der Waals surface area contributed by atoms with Gasteiger partial charge in [-0.1, -0.05) is 20.8 Å². The first-order chi connectivity index (χ1) is 8.62. The number of rotatable bonds is 4. The van der Waals surface area contributed by atoms with Crippen LogP contribution in [-0.4, -0.2) is 45.3 Å². The van der Waals surface area contributed by atoms with E-state index < -0.39 is 5.97 Å². The Balaban J connectivity index is 2.88. The van der Waals surface area contributed by atoms with Gasteiger partial charge in [0.05, 0.1) is 12.1 Å². The van der Waals surface area contributed by atoms with Gasteiger partial charge in [-0.15, -0.1) is 0 Å². The van der Waals surface area contributed by atoms with Gasteiger partial charge < -0.3 is 10.0 Å². The third-order valence-corrected chi connectivity index (χ3v) is 2.88. The summed E-state index contributed by atoms with van der Waals surface area (Å²) in [5.74, 6) is -1.13. The summed E-state index contributed by atoms with van der Waals surface area (Å²) in [6.45, 7) is 6.26. The van der Waals surface area contributed by atoms with Crippen LogP contribution in [0.25, 0.3) is 0 Å². The minimum absolute atomic E-state index is 0.0633. The molecule has 1 rings (SSSR count). The third kappa shape index (κ3) is 3.81. The molecule has 1 N–H and O–H groups in total. The van der Waals surface area contributed by atoms with E-state index in [2.05, 4.69) is 5.10 Å². The smallest absolute Gasteiger partial charge is 0.305 e. The fourth-order valence-corrected chi connectivity index (χ4v) is 1.59. The minimum Gasteiger partial charge on any atom is -0.481 e. The predicted molar refractivity (Wildman–Crippen MR) is 71.1 cm³/mol. The van der Waals surface area contributed by atoms with Crippen molar-refractivity contribution in [1.29, 1.82) is 0 Å². The molecule has 0 aromatic carbocycles. The van der Waals surface area contributed by atoms with Crippen molar-refractivity contribution in [2.45, 2.75) is 32.6 Å². The van der Waals surface area contributed by atoms with Gasteiger partial charge in [0, 0.05) is 26.1 Å². The van der Waals surface area contributed by atoms with Crippen molar-refractivity contribution >= 4 is 11.9 Å². The molecule has 0 fully saturated rings. The first-order valence-corrected chi connectivity index (χ1v) is 6.14. The molecule has 0 aliphatic carbocycles. The van der Waals surface area contributed by atoms with Crippen LogP contribution < -0.4 is 0 Å². The van der Waals surface area contributed by atoms with E-state index >= 15 is 0 Å². The van der Waals surface area contributed by atoms with Crippen LogP contribution in [-0.2, 0) is 17.3 Å². The van der Waals surface area contributed by atoms with E-state index in [1.165, 1.54) is 4.90 Å². The van der Waals surface area contributed by atoms with Gasteiger partial charge in [0.15, 0.2) is 0 Å². The van der Waals surface area contributed by atoms with E-state index in [4.69, 9.17) is 5.11 Å². The maximum Gasteiger partial charge on any atom is 0.305 e. The van der Waals surface area contributed by atoms with Crippen molar-refractivity contribution in [3.05, 3.63) is 17.5 Å². The van der Waals surface area contributed by atoms with Crippen molar-refractivity contribution in [2.24, 2.45) is 7.05 Å². The summed E-state index contributed by atoms with van der Waals surface area (Å²) in [4.78, 5) is 24.1. The highest BCUT2D eigenvalue weighted by molar-refractivity contribution is 5.92. The maximum absolute atomic E-state index is 12.2. The molecule has 0 atom stereocenters. The van der Waals surface area contributed by atoms with Crippen molar-refractivity contribution in [3.63, 3.8) is 0 Å². The monoisotopic (exact) mass is 267 g/mol. The predicted octanol–water partition coefficient (Wildman–Crippen LogP) is 1.26. The Morgan fingerprint density at radius 1 is 1.42 bits per heavy atom. The van der Waals surface area contributed by atoms with E-state index in [-0.39, 0.29) is 24.3 Å². The topological polar surface area (TPSA) is 75.4 Å². The van der Waals surface area contributed by atoms with Crippen LogP contribution in [0.15, 0.2) is 6.07 Å². The number of nitrogens with zero attached hydrogens (tertiary/aromatic N) is 3. The number of aromatic nitrogens is 2. The van der Waals surface area contributed by atoms with E-state index in [0.29, 0.717) is 5.69 Å². The van der Waals surface area contributed by atoms with E-state index in [0.717, 1.165) is 5.69 Å². The quantitative estimate of drug-likeness (QED) is 0.891. The lowest BCUT2D eigenvalue weighted by Gasteiger charge is -2.15. The van der Waals surface area contributed by atoms with Gasteiger partial charge in [-0.3, -0.25) is 14.3 Å². The van der Waals surface area contributed by atoms with Crippen LogP contribution >= 0.6 is 0 Å². The second-order valence-electron chi connectivity index (χ2n) is 5.66. The molecule has 0 saturated heterocycles. The Hall–Kier alpha value is -1.85. The van der Waals surface area contributed by atoms with Crippen LogP contribution in [0.1, 0.15) is 43.4 Å². The number of carboxylic acids is 1. The van der Waals surface area contributed by atoms with E-state index in [9.17, 15) is 9.59 Å². The largest absolute Gasteiger partial charge is 0.481 e. The molecule has 1 heterocycles. The zero-order valence-electron chi connectivity index (χ0n) is 12.1. The highest BCUT2D eigenvalue weighted by Crippen LogP contribution is 2.21. The van der Waals surface area contributed by atoms with Gasteiger partial charge in [-0.25, -0.2) is 0 Å². The molecule has 6 nitrogen and oxygen atoms in total. The molecular formula is C13H21N3O3. The zero-order chi connectivity index (χ0) is 14.8. The fraction of sp³-hybridized carbons (Fsp3) is 0.615. The maximum atomic E-state index is 12.2. The lowest BCUT2D eigenvalue weighted by Crippen LogP contribution is -2.30. The van der Waals surface area contributed by atoms with E-state index in [1.54, 1.807) is 24.8 Å². The second kappa shape index (κ2) is 5.42. The standard InChI is InChI=1S/C13H21N3O3/c1-13(2,3)10-8-9(16(5)14-10)12(19)15(4)7-6-11(17)18/h8H,6-7H2,1-5H3,(H,17,18).